The van der Waals surface area contributed by atoms with Crippen molar-refractivity contribution in [3.8, 4) is 5.75 Å². The maximum absolute atomic E-state index is 14.1. The Hall–Kier alpha value is -4.46. The van der Waals surface area contributed by atoms with E-state index < -0.39 is 36.4 Å². The van der Waals surface area contributed by atoms with Gasteiger partial charge in [0.2, 0.25) is 11.8 Å². The molecule has 1 aliphatic heterocycles. The largest absolute Gasteiger partial charge is 0.495 e. The van der Waals surface area contributed by atoms with Crippen LogP contribution in [0.15, 0.2) is 72.8 Å². The number of esters is 1. The molecule has 0 unspecified atom stereocenters. The summed E-state index contributed by atoms with van der Waals surface area (Å²) in [7, 11) is 1.49. The molecule has 3 atom stereocenters. The molecular formula is C33H32N2O6. The zero-order valence-corrected chi connectivity index (χ0v) is 23.0. The van der Waals surface area contributed by atoms with Crippen molar-refractivity contribution in [3.05, 3.63) is 95.1 Å². The lowest BCUT2D eigenvalue weighted by Gasteiger charge is -2.45. The Morgan fingerprint density at radius 2 is 1.34 bits per heavy atom. The van der Waals surface area contributed by atoms with Crippen LogP contribution in [-0.4, -0.2) is 48.3 Å². The summed E-state index contributed by atoms with van der Waals surface area (Å²) in [5.74, 6) is -3.18. The first-order valence-corrected chi connectivity index (χ1v) is 14.1. The minimum atomic E-state index is -1.09. The number of methoxy groups -OCH3 is 1. The maximum atomic E-state index is 14.1. The van der Waals surface area contributed by atoms with E-state index in [-0.39, 0.29) is 30.1 Å². The zero-order valence-electron chi connectivity index (χ0n) is 23.0. The Bertz CT molecular complexity index is 1420. The molecule has 8 nitrogen and oxygen atoms in total. The van der Waals surface area contributed by atoms with Crippen molar-refractivity contribution in [2.45, 2.75) is 44.1 Å². The molecule has 41 heavy (non-hydrogen) atoms. The number of nitrogens with one attached hydrogen (secondary N) is 1. The van der Waals surface area contributed by atoms with E-state index in [1.165, 1.54) is 7.11 Å². The number of para-hydroxylation sites is 2. The molecular weight excluding hydrogens is 520 g/mol. The highest BCUT2D eigenvalue weighted by molar-refractivity contribution is 6.10. The van der Waals surface area contributed by atoms with Gasteiger partial charge in [0, 0.05) is 11.8 Å². The van der Waals surface area contributed by atoms with Crippen molar-refractivity contribution in [1.29, 1.82) is 0 Å². The monoisotopic (exact) mass is 552 g/mol. The highest BCUT2D eigenvalue weighted by atomic mass is 16.5. The molecule has 1 fully saturated rings. The van der Waals surface area contributed by atoms with Gasteiger partial charge in [-0.25, -0.2) is 4.79 Å². The number of nitrogens with zero attached hydrogens (tertiary/aromatic N) is 1. The number of hydrogen-bond donors (Lipinski definition) is 1. The molecule has 8 heteroatoms. The van der Waals surface area contributed by atoms with E-state index >= 15 is 0 Å². The fourth-order valence-corrected chi connectivity index (χ4v) is 6.92. The Morgan fingerprint density at radius 3 is 1.85 bits per heavy atom. The van der Waals surface area contributed by atoms with E-state index in [1.807, 2.05) is 55.5 Å². The van der Waals surface area contributed by atoms with Crippen LogP contribution in [-0.2, 0) is 23.9 Å². The van der Waals surface area contributed by atoms with Gasteiger partial charge in [-0.2, -0.15) is 0 Å². The fraction of sp³-hybridized carbons (Fsp3) is 0.333. The Kier molecular flexibility index (Phi) is 7.07. The maximum Gasteiger partial charge on any atom is 0.329 e. The topological polar surface area (TPSA) is 102 Å². The van der Waals surface area contributed by atoms with Crippen molar-refractivity contribution in [3.63, 3.8) is 0 Å². The molecule has 1 saturated heterocycles. The first-order chi connectivity index (χ1) is 20.0. The number of carbonyl (C=O) groups excluding carboxylic acids is 4. The van der Waals surface area contributed by atoms with Crippen LogP contribution in [0.5, 0.6) is 5.75 Å². The van der Waals surface area contributed by atoms with Gasteiger partial charge >= 0.3 is 5.97 Å². The normalized spacial score (nSPS) is 22.4. The van der Waals surface area contributed by atoms with Crippen LogP contribution >= 0.6 is 0 Å². The van der Waals surface area contributed by atoms with Gasteiger partial charge in [0.1, 0.15) is 11.8 Å². The Labute approximate surface area is 238 Å². The molecule has 2 bridgehead atoms. The quantitative estimate of drug-likeness (QED) is 0.307. The van der Waals surface area contributed by atoms with Crippen molar-refractivity contribution < 1.29 is 28.7 Å². The van der Waals surface area contributed by atoms with Crippen LogP contribution < -0.4 is 10.1 Å². The number of unbranched alkanes of at least 4 members (excludes halogenated alkanes) is 1. The van der Waals surface area contributed by atoms with Crippen molar-refractivity contribution in [1.82, 2.24) is 4.90 Å². The number of imide groups is 1. The summed E-state index contributed by atoms with van der Waals surface area (Å²) in [5.41, 5.74) is 4.73. The van der Waals surface area contributed by atoms with Gasteiger partial charge in [0.15, 0.2) is 6.61 Å². The minimum Gasteiger partial charge on any atom is -0.495 e. The molecule has 3 amide bonds. The summed E-state index contributed by atoms with van der Waals surface area (Å²) in [6.45, 7) is 1.43. The van der Waals surface area contributed by atoms with E-state index in [0.717, 1.165) is 33.6 Å². The molecule has 3 aromatic carbocycles. The zero-order chi connectivity index (χ0) is 28.7. The molecule has 3 aliphatic carbocycles. The van der Waals surface area contributed by atoms with Crippen molar-refractivity contribution in [2.24, 2.45) is 11.8 Å². The molecule has 0 saturated carbocycles. The third kappa shape index (κ3) is 4.38. The number of benzene rings is 3. The van der Waals surface area contributed by atoms with Crippen LogP contribution in [0.4, 0.5) is 5.69 Å². The molecule has 1 N–H and O–H groups in total. The van der Waals surface area contributed by atoms with Gasteiger partial charge in [-0.05, 0) is 40.8 Å². The molecule has 4 aliphatic rings. The van der Waals surface area contributed by atoms with Gasteiger partial charge in [-0.15, -0.1) is 0 Å². The lowest BCUT2D eigenvalue weighted by Crippen LogP contribution is -2.47. The highest BCUT2D eigenvalue weighted by Crippen LogP contribution is 2.61. The smallest absolute Gasteiger partial charge is 0.329 e. The van der Waals surface area contributed by atoms with Crippen molar-refractivity contribution >= 4 is 29.4 Å². The van der Waals surface area contributed by atoms with Gasteiger partial charge in [-0.3, -0.25) is 19.3 Å². The predicted octanol–water partition coefficient (Wildman–Crippen LogP) is 4.63. The number of anilines is 1. The van der Waals surface area contributed by atoms with E-state index in [0.29, 0.717) is 17.9 Å². The van der Waals surface area contributed by atoms with Crippen LogP contribution in [0.3, 0.4) is 0 Å². The molecule has 7 rings (SSSR count). The Balaban J connectivity index is 1.26. The molecule has 3 aromatic rings. The molecule has 210 valence electrons. The lowest BCUT2D eigenvalue weighted by molar-refractivity contribution is -0.160. The molecule has 0 aromatic heterocycles. The lowest BCUT2D eigenvalue weighted by atomic mass is 9.55. The molecule has 0 spiro atoms. The van der Waals surface area contributed by atoms with Gasteiger partial charge in [-0.1, -0.05) is 80.4 Å². The summed E-state index contributed by atoms with van der Waals surface area (Å²) in [4.78, 5) is 55.5. The number of amides is 3. The van der Waals surface area contributed by atoms with E-state index in [1.54, 1.807) is 24.3 Å². The third-order valence-electron chi connectivity index (χ3n) is 8.62. The first-order valence-electron chi connectivity index (χ1n) is 14.1. The average Bonchev–Trinajstić information content (AvgIpc) is 3.26. The van der Waals surface area contributed by atoms with E-state index in [2.05, 4.69) is 5.32 Å². The first kappa shape index (κ1) is 26.7. The number of hydrogen-bond acceptors (Lipinski definition) is 6. The number of rotatable bonds is 9. The Morgan fingerprint density at radius 1 is 0.829 bits per heavy atom. The summed E-state index contributed by atoms with van der Waals surface area (Å²) in [5, 5.41) is 2.68. The molecule has 1 heterocycles. The van der Waals surface area contributed by atoms with Gasteiger partial charge in [0.05, 0.1) is 24.6 Å². The highest BCUT2D eigenvalue weighted by Gasteiger charge is 2.63. The summed E-state index contributed by atoms with van der Waals surface area (Å²) < 4.78 is 10.7. The standard InChI is InChI=1S/C33H32N2O6/c1-3-4-16-24(33(39)41-18-26(36)34-23-15-9-10-17-25(23)40-2)35-31(37)29-27-19-11-5-6-12-20(19)28(30(29)32(35)38)22-14-8-7-13-21(22)27/h5-15,17,24,27-30H,3-4,16,18H2,1-2H3,(H,34,36)/t24-,27?,28?,29-,30-/m1/s1. The summed E-state index contributed by atoms with van der Waals surface area (Å²) >= 11 is 0. The third-order valence-corrected chi connectivity index (χ3v) is 8.62. The van der Waals surface area contributed by atoms with Crippen LogP contribution in [0.1, 0.15) is 60.3 Å². The summed E-state index contributed by atoms with van der Waals surface area (Å²) in [6.07, 6.45) is 1.66. The number of ether oxygens (including phenoxy) is 2. The van der Waals surface area contributed by atoms with E-state index in [4.69, 9.17) is 9.47 Å². The van der Waals surface area contributed by atoms with Gasteiger partial charge in [0.25, 0.3) is 5.91 Å². The second-order valence-corrected chi connectivity index (χ2v) is 10.8. The van der Waals surface area contributed by atoms with E-state index in [9.17, 15) is 19.2 Å². The average molecular weight is 553 g/mol. The number of carbonyl (C=O) groups is 4. The second-order valence-electron chi connectivity index (χ2n) is 10.8. The van der Waals surface area contributed by atoms with Crippen LogP contribution in [0.2, 0.25) is 0 Å². The fourth-order valence-electron chi connectivity index (χ4n) is 6.92. The summed E-state index contributed by atoms with van der Waals surface area (Å²) in [6, 6.07) is 21.9. The second kappa shape index (κ2) is 10.8. The van der Waals surface area contributed by atoms with Crippen molar-refractivity contribution in [2.75, 3.05) is 19.0 Å². The predicted molar refractivity (Wildman–Crippen MR) is 151 cm³/mol. The van der Waals surface area contributed by atoms with Crippen LogP contribution in [0.25, 0.3) is 0 Å². The SMILES string of the molecule is CCCC[C@H](C(=O)OCC(=O)Nc1ccccc1OC)N1C(=O)[C@@H]2C3c4ccccc4C(c4ccccc43)[C@H]2C1=O. The number of likely N-dealkylation sites (tertiary alicyclic amines) is 1. The molecule has 0 radical (unpaired) electrons. The minimum absolute atomic E-state index is 0.256. The van der Waals surface area contributed by atoms with Crippen LogP contribution in [0, 0.1) is 11.8 Å². The van der Waals surface area contributed by atoms with Gasteiger partial charge < -0.3 is 14.8 Å².